The third kappa shape index (κ3) is 3.12. The van der Waals surface area contributed by atoms with Crippen LogP contribution in [0.15, 0.2) is 42.7 Å². The van der Waals surface area contributed by atoms with Gasteiger partial charge in [-0.1, -0.05) is 0 Å². The number of furan rings is 1. The van der Waals surface area contributed by atoms with E-state index in [-0.39, 0.29) is 5.91 Å². The molecule has 0 atom stereocenters. The third-order valence-corrected chi connectivity index (χ3v) is 4.78. The van der Waals surface area contributed by atoms with Crippen molar-refractivity contribution in [3.8, 4) is 0 Å². The molecular weight excluding hydrogens is 374 g/mol. The van der Waals surface area contributed by atoms with E-state index in [0.717, 1.165) is 0 Å². The lowest BCUT2D eigenvalue weighted by Crippen LogP contribution is -2.28. The molecule has 0 radical (unpaired) electrons. The van der Waals surface area contributed by atoms with Crippen molar-refractivity contribution in [2.45, 2.75) is 6.92 Å². The highest BCUT2D eigenvalue weighted by Gasteiger charge is 2.32. The molecule has 21 heavy (non-hydrogen) atoms. The van der Waals surface area contributed by atoms with Gasteiger partial charge in [-0.2, -0.15) is 4.99 Å². The first-order chi connectivity index (χ1) is 10.2. The Kier molecular flexibility index (Phi) is 4.27. The number of aliphatic imine (C=N–C) groups is 1. The largest absolute Gasteiger partial charge is 0.450 e. The smallest absolute Gasteiger partial charge is 0.266 e. The van der Waals surface area contributed by atoms with Gasteiger partial charge < -0.3 is 4.42 Å². The average Bonchev–Trinajstić information content (AvgIpc) is 3.15. The monoisotopic (exact) mass is 383 g/mol. The minimum Gasteiger partial charge on any atom is -0.450 e. The van der Waals surface area contributed by atoms with Gasteiger partial charge in [0.1, 0.15) is 5.76 Å². The number of amides is 1. The van der Waals surface area contributed by atoms with Gasteiger partial charge in [-0.05, 0) is 46.7 Å². The van der Waals surface area contributed by atoms with Crippen molar-refractivity contribution in [2.24, 2.45) is 4.99 Å². The summed E-state index contributed by atoms with van der Waals surface area (Å²) in [7, 11) is 0. The van der Waals surface area contributed by atoms with Gasteiger partial charge in [0.15, 0.2) is 9.84 Å². The van der Waals surface area contributed by atoms with Gasteiger partial charge >= 0.3 is 0 Å². The minimum absolute atomic E-state index is 0.0645. The Morgan fingerprint density at radius 1 is 1.52 bits per heavy atom. The fraction of sp³-hybridized carbons (Fsp3) is 0.154. The molecule has 1 aliphatic rings. The molecule has 1 aliphatic heterocycles. The number of aromatic nitrogens is 1. The predicted molar refractivity (Wildman–Crippen MR) is 88.6 cm³/mol. The van der Waals surface area contributed by atoms with Crippen molar-refractivity contribution in [1.82, 2.24) is 9.88 Å². The number of amidine groups is 1. The van der Waals surface area contributed by atoms with Crippen LogP contribution < -0.4 is 0 Å². The fourth-order valence-electron chi connectivity index (χ4n) is 1.76. The second-order valence-corrected chi connectivity index (χ2v) is 6.67. The van der Waals surface area contributed by atoms with Gasteiger partial charge in [-0.3, -0.25) is 9.69 Å². The van der Waals surface area contributed by atoms with E-state index in [2.05, 4.69) is 25.9 Å². The van der Waals surface area contributed by atoms with E-state index in [1.165, 1.54) is 23.1 Å². The molecule has 0 aromatic carbocycles. The predicted octanol–water partition coefficient (Wildman–Crippen LogP) is 4.12. The van der Waals surface area contributed by atoms with Crippen molar-refractivity contribution in [3.63, 3.8) is 0 Å². The average molecular weight is 384 g/mol. The molecular formula is C13H10BrN3O2S2. The number of likely N-dealkylation sites (N-methyl/N-ethyl adjacent to an activating group) is 1. The lowest BCUT2D eigenvalue weighted by Gasteiger charge is -2.11. The highest BCUT2D eigenvalue weighted by Crippen LogP contribution is 2.34. The zero-order valence-electron chi connectivity index (χ0n) is 10.9. The number of halogens is 1. The molecule has 0 saturated carbocycles. The number of thiazole rings is 1. The summed E-state index contributed by atoms with van der Waals surface area (Å²) in [4.78, 5) is 23.1. The zero-order chi connectivity index (χ0) is 14.8. The van der Waals surface area contributed by atoms with Crippen LogP contribution >= 0.6 is 39.0 Å². The molecule has 5 nitrogen and oxygen atoms in total. The summed E-state index contributed by atoms with van der Waals surface area (Å²) in [5.41, 5.74) is 0. The van der Waals surface area contributed by atoms with E-state index in [4.69, 9.17) is 4.42 Å². The Labute approximate surface area is 137 Å². The van der Waals surface area contributed by atoms with Crippen LogP contribution in [0, 0.1) is 0 Å². The van der Waals surface area contributed by atoms with Crippen molar-refractivity contribution >= 4 is 61.3 Å². The Balaban J connectivity index is 1.92. The fourth-order valence-corrected chi connectivity index (χ4v) is 3.66. The summed E-state index contributed by atoms with van der Waals surface area (Å²) in [5, 5.41) is 3.15. The van der Waals surface area contributed by atoms with E-state index >= 15 is 0 Å². The normalized spacial score (nSPS) is 19.1. The van der Waals surface area contributed by atoms with Crippen LogP contribution in [0.4, 0.5) is 5.13 Å². The van der Waals surface area contributed by atoms with Crippen LogP contribution in [0.3, 0.4) is 0 Å². The number of hydrogen-bond donors (Lipinski definition) is 0. The number of carbonyl (C=O) groups excluding carboxylic acids is 1. The molecule has 8 heteroatoms. The van der Waals surface area contributed by atoms with Gasteiger partial charge in [0.25, 0.3) is 5.91 Å². The number of nitrogens with zero attached hydrogens (tertiary/aromatic N) is 3. The van der Waals surface area contributed by atoms with E-state index in [0.29, 0.717) is 32.2 Å². The van der Waals surface area contributed by atoms with E-state index in [1.807, 2.05) is 12.3 Å². The molecule has 0 spiro atoms. The summed E-state index contributed by atoms with van der Waals surface area (Å²) < 4.78 is 6.04. The van der Waals surface area contributed by atoms with Crippen molar-refractivity contribution < 1.29 is 9.21 Å². The van der Waals surface area contributed by atoms with E-state index in [1.54, 1.807) is 29.3 Å². The molecule has 0 aliphatic carbocycles. The molecule has 0 bridgehead atoms. The molecule has 3 heterocycles. The Hall–Kier alpha value is -1.38. The van der Waals surface area contributed by atoms with Gasteiger partial charge in [0.05, 0.1) is 4.91 Å². The topological polar surface area (TPSA) is 58.7 Å². The lowest BCUT2D eigenvalue weighted by molar-refractivity contribution is -0.122. The number of hydrogen-bond acceptors (Lipinski definition) is 6. The van der Waals surface area contributed by atoms with Crippen molar-refractivity contribution in [1.29, 1.82) is 0 Å². The maximum absolute atomic E-state index is 12.4. The second-order valence-electron chi connectivity index (χ2n) is 4.01. The standard InChI is InChI=1S/C13H10BrN3O2S2/c1-2-17-11(18)9(7-8-3-4-10(14)19-8)21-13(17)16-12-15-5-6-20-12/h3-7H,2H2,1H3/b9-7+,16-13+. The summed E-state index contributed by atoms with van der Waals surface area (Å²) in [6, 6.07) is 3.59. The zero-order valence-corrected chi connectivity index (χ0v) is 14.2. The summed E-state index contributed by atoms with van der Waals surface area (Å²) in [6.45, 7) is 2.48. The van der Waals surface area contributed by atoms with Crippen LogP contribution in [-0.4, -0.2) is 27.5 Å². The highest BCUT2D eigenvalue weighted by atomic mass is 79.9. The lowest BCUT2D eigenvalue weighted by atomic mass is 10.3. The van der Waals surface area contributed by atoms with Crippen LogP contribution in [0.1, 0.15) is 12.7 Å². The SMILES string of the molecule is CCN1C(=O)/C(=C\c2ccc(Br)o2)S/C1=N/c1nccs1. The molecule has 0 unspecified atom stereocenters. The Bertz CT molecular complexity index is 722. The molecule has 1 fully saturated rings. The first kappa shape index (κ1) is 14.6. The second kappa shape index (κ2) is 6.17. The van der Waals surface area contributed by atoms with Crippen LogP contribution in [0.5, 0.6) is 0 Å². The van der Waals surface area contributed by atoms with E-state index < -0.39 is 0 Å². The molecule has 1 saturated heterocycles. The molecule has 2 aromatic rings. The maximum Gasteiger partial charge on any atom is 0.266 e. The maximum atomic E-state index is 12.4. The highest BCUT2D eigenvalue weighted by molar-refractivity contribution is 9.10. The number of thioether (sulfide) groups is 1. The van der Waals surface area contributed by atoms with Gasteiger partial charge in [0.2, 0.25) is 5.13 Å². The number of carbonyl (C=O) groups is 1. The molecule has 2 aromatic heterocycles. The minimum atomic E-state index is -0.0645. The Morgan fingerprint density at radius 3 is 3.00 bits per heavy atom. The summed E-state index contributed by atoms with van der Waals surface area (Å²) >= 11 is 6.02. The molecule has 0 N–H and O–H groups in total. The molecule has 108 valence electrons. The van der Waals surface area contributed by atoms with Crippen molar-refractivity contribution in [3.05, 3.63) is 39.0 Å². The summed E-state index contributed by atoms with van der Waals surface area (Å²) in [6.07, 6.45) is 3.42. The third-order valence-electron chi connectivity index (χ3n) is 2.68. The first-order valence-corrected chi connectivity index (χ1v) is 8.61. The van der Waals surface area contributed by atoms with Crippen molar-refractivity contribution in [2.75, 3.05) is 6.54 Å². The summed E-state index contributed by atoms with van der Waals surface area (Å²) in [5.74, 6) is 0.564. The number of rotatable bonds is 3. The van der Waals surface area contributed by atoms with E-state index in [9.17, 15) is 4.79 Å². The quantitative estimate of drug-likeness (QED) is 0.747. The first-order valence-electron chi connectivity index (χ1n) is 6.12. The van der Waals surface area contributed by atoms with Gasteiger partial charge in [0, 0.05) is 24.2 Å². The molecule has 1 amide bonds. The van der Waals surface area contributed by atoms with Crippen LogP contribution in [-0.2, 0) is 4.79 Å². The van der Waals surface area contributed by atoms with Gasteiger partial charge in [-0.25, -0.2) is 4.98 Å². The van der Waals surface area contributed by atoms with Gasteiger partial charge in [-0.15, -0.1) is 11.3 Å². The van der Waals surface area contributed by atoms with Crippen LogP contribution in [0.2, 0.25) is 0 Å². The molecule has 3 rings (SSSR count). The Morgan fingerprint density at radius 2 is 2.38 bits per heavy atom. The van der Waals surface area contributed by atoms with Crippen LogP contribution in [0.25, 0.3) is 6.08 Å².